The Bertz CT molecular complexity index is 562. The van der Waals surface area contributed by atoms with Crippen molar-refractivity contribution in [3.05, 3.63) is 48.0 Å². The topological polar surface area (TPSA) is 44.5 Å². The maximum atomic E-state index is 5.82. The number of nitrogens with two attached hydrogens (primary N) is 1. The Kier molecular flexibility index (Phi) is 4.64. The Morgan fingerprint density at radius 2 is 1.70 bits per heavy atom. The van der Waals surface area contributed by atoms with Crippen LogP contribution in [0.1, 0.15) is 12.5 Å². The molecule has 0 aliphatic carbocycles. The van der Waals surface area contributed by atoms with Crippen LogP contribution in [-0.4, -0.2) is 20.3 Å². The normalized spacial score (nSPS) is 12.0. The minimum Gasteiger partial charge on any atom is -0.497 e. The molecule has 3 heteroatoms. The largest absolute Gasteiger partial charge is 0.497 e. The maximum absolute atomic E-state index is 5.82. The third-order valence-electron chi connectivity index (χ3n) is 3.23. The molecule has 106 valence electrons. The van der Waals surface area contributed by atoms with Crippen LogP contribution >= 0.6 is 0 Å². The van der Waals surface area contributed by atoms with Gasteiger partial charge in [0, 0.05) is 11.6 Å². The van der Waals surface area contributed by atoms with Gasteiger partial charge in [0.1, 0.15) is 11.5 Å². The predicted molar refractivity (Wildman–Crippen MR) is 82.3 cm³/mol. The molecule has 0 fully saturated rings. The van der Waals surface area contributed by atoms with E-state index in [4.69, 9.17) is 15.2 Å². The van der Waals surface area contributed by atoms with Crippen molar-refractivity contribution in [2.24, 2.45) is 5.73 Å². The standard InChI is InChI=1S/C17H21NO2/c1-12(18)10-13-4-6-14(7-5-13)16-11-15(19-2)8-9-17(16)20-3/h4-9,11-12H,10,18H2,1-3H3. The fourth-order valence-corrected chi connectivity index (χ4v) is 2.23. The molecule has 0 radical (unpaired) electrons. The number of hydrogen-bond donors (Lipinski definition) is 1. The smallest absolute Gasteiger partial charge is 0.126 e. The summed E-state index contributed by atoms with van der Waals surface area (Å²) in [5.74, 6) is 1.66. The zero-order chi connectivity index (χ0) is 14.5. The van der Waals surface area contributed by atoms with Gasteiger partial charge >= 0.3 is 0 Å². The molecular weight excluding hydrogens is 250 g/mol. The van der Waals surface area contributed by atoms with Crippen LogP contribution < -0.4 is 15.2 Å². The van der Waals surface area contributed by atoms with Crippen LogP contribution in [0.25, 0.3) is 11.1 Å². The Hall–Kier alpha value is -2.00. The molecule has 0 saturated heterocycles. The first kappa shape index (κ1) is 14.4. The highest BCUT2D eigenvalue weighted by atomic mass is 16.5. The molecule has 0 aliphatic heterocycles. The SMILES string of the molecule is COc1ccc(OC)c(-c2ccc(CC(C)N)cc2)c1. The molecule has 2 rings (SSSR count). The Morgan fingerprint density at radius 3 is 2.25 bits per heavy atom. The number of benzene rings is 2. The highest BCUT2D eigenvalue weighted by molar-refractivity contribution is 5.72. The molecule has 0 bridgehead atoms. The fraction of sp³-hybridized carbons (Fsp3) is 0.294. The van der Waals surface area contributed by atoms with E-state index in [1.807, 2.05) is 25.1 Å². The van der Waals surface area contributed by atoms with E-state index in [1.165, 1.54) is 5.56 Å². The molecule has 2 N–H and O–H groups in total. The van der Waals surface area contributed by atoms with Crippen LogP contribution in [0.5, 0.6) is 11.5 Å². The van der Waals surface area contributed by atoms with Gasteiger partial charge in [-0.25, -0.2) is 0 Å². The molecule has 2 aromatic rings. The van der Waals surface area contributed by atoms with Crippen LogP contribution in [-0.2, 0) is 6.42 Å². The molecule has 0 aromatic heterocycles. The number of ether oxygens (including phenoxy) is 2. The molecule has 0 saturated carbocycles. The molecular formula is C17H21NO2. The van der Waals surface area contributed by atoms with E-state index in [9.17, 15) is 0 Å². The fourth-order valence-electron chi connectivity index (χ4n) is 2.23. The van der Waals surface area contributed by atoms with Gasteiger partial charge in [0.05, 0.1) is 14.2 Å². The summed E-state index contributed by atoms with van der Waals surface area (Å²) in [7, 11) is 3.34. The van der Waals surface area contributed by atoms with Crippen LogP contribution in [0, 0.1) is 0 Å². The number of rotatable bonds is 5. The Labute approximate surface area is 120 Å². The van der Waals surface area contributed by atoms with Crippen LogP contribution in [0.15, 0.2) is 42.5 Å². The van der Waals surface area contributed by atoms with Crippen LogP contribution in [0.4, 0.5) is 0 Å². The van der Waals surface area contributed by atoms with Crippen molar-refractivity contribution in [2.75, 3.05) is 14.2 Å². The second-order valence-electron chi connectivity index (χ2n) is 4.94. The average Bonchev–Trinajstić information content (AvgIpc) is 2.46. The van der Waals surface area contributed by atoms with Gasteiger partial charge in [-0.2, -0.15) is 0 Å². The summed E-state index contributed by atoms with van der Waals surface area (Å²) in [5, 5.41) is 0. The third kappa shape index (κ3) is 3.31. The second-order valence-corrected chi connectivity index (χ2v) is 4.94. The summed E-state index contributed by atoms with van der Waals surface area (Å²) in [5.41, 5.74) is 9.19. The zero-order valence-corrected chi connectivity index (χ0v) is 12.2. The first-order chi connectivity index (χ1) is 9.63. The van der Waals surface area contributed by atoms with Crippen molar-refractivity contribution in [2.45, 2.75) is 19.4 Å². The lowest BCUT2D eigenvalue weighted by molar-refractivity contribution is 0.404. The molecule has 0 heterocycles. The van der Waals surface area contributed by atoms with Gasteiger partial charge < -0.3 is 15.2 Å². The summed E-state index contributed by atoms with van der Waals surface area (Å²) >= 11 is 0. The Morgan fingerprint density at radius 1 is 1.00 bits per heavy atom. The van der Waals surface area contributed by atoms with E-state index >= 15 is 0 Å². The number of hydrogen-bond acceptors (Lipinski definition) is 3. The summed E-state index contributed by atoms with van der Waals surface area (Å²) in [4.78, 5) is 0. The van der Waals surface area contributed by atoms with Crippen molar-refractivity contribution in [1.29, 1.82) is 0 Å². The molecule has 20 heavy (non-hydrogen) atoms. The first-order valence-electron chi connectivity index (χ1n) is 6.71. The Balaban J connectivity index is 2.35. The van der Waals surface area contributed by atoms with Crippen LogP contribution in [0.3, 0.4) is 0 Å². The van der Waals surface area contributed by atoms with E-state index < -0.39 is 0 Å². The van der Waals surface area contributed by atoms with E-state index in [0.29, 0.717) is 0 Å². The second kappa shape index (κ2) is 6.44. The minimum atomic E-state index is 0.173. The van der Waals surface area contributed by atoms with Gasteiger partial charge in [0.25, 0.3) is 0 Å². The zero-order valence-electron chi connectivity index (χ0n) is 12.2. The maximum Gasteiger partial charge on any atom is 0.126 e. The lowest BCUT2D eigenvalue weighted by Crippen LogP contribution is -2.17. The summed E-state index contributed by atoms with van der Waals surface area (Å²) in [6.07, 6.45) is 0.884. The highest BCUT2D eigenvalue weighted by Crippen LogP contribution is 2.33. The van der Waals surface area contributed by atoms with Crippen molar-refractivity contribution >= 4 is 0 Å². The van der Waals surface area contributed by atoms with E-state index in [2.05, 4.69) is 24.3 Å². The van der Waals surface area contributed by atoms with Gasteiger partial charge in [-0.1, -0.05) is 24.3 Å². The monoisotopic (exact) mass is 271 g/mol. The molecule has 3 nitrogen and oxygen atoms in total. The van der Waals surface area contributed by atoms with Gasteiger partial charge in [0.2, 0.25) is 0 Å². The van der Waals surface area contributed by atoms with Crippen molar-refractivity contribution in [3.63, 3.8) is 0 Å². The molecule has 2 aromatic carbocycles. The predicted octanol–water partition coefficient (Wildman–Crippen LogP) is 3.26. The molecule has 0 aliphatic rings. The molecule has 1 unspecified atom stereocenters. The van der Waals surface area contributed by atoms with Crippen molar-refractivity contribution < 1.29 is 9.47 Å². The summed E-state index contributed by atoms with van der Waals surface area (Å²) < 4.78 is 10.7. The third-order valence-corrected chi connectivity index (χ3v) is 3.23. The van der Waals surface area contributed by atoms with Gasteiger partial charge in [-0.3, -0.25) is 0 Å². The van der Waals surface area contributed by atoms with E-state index in [-0.39, 0.29) is 6.04 Å². The summed E-state index contributed by atoms with van der Waals surface area (Å²) in [6.45, 7) is 2.01. The highest BCUT2D eigenvalue weighted by Gasteiger charge is 2.08. The van der Waals surface area contributed by atoms with Gasteiger partial charge in [0.15, 0.2) is 0 Å². The quantitative estimate of drug-likeness (QED) is 0.907. The number of methoxy groups -OCH3 is 2. The molecule has 0 spiro atoms. The summed E-state index contributed by atoms with van der Waals surface area (Å²) in [6, 6.07) is 14.4. The average molecular weight is 271 g/mol. The van der Waals surface area contributed by atoms with Crippen molar-refractivity contribution in [1.82, 2.24) is 0 Å². The van der Waals surface area contributed by atoms with E-state index in [1.54, 1.807) is 14.2 Å². The minimum absolute atomic E-state index is 0.173. The first-order valence-corrected chi connectivity index (χ1v) is 6.71. The molecule has 1 atom stereocenters. The van der Waals surface area contributed by atoms with Gasteiger partial charge in [-0.05, 0) is 42.7 Å². The lowest BCUT2D eigenvalue weighted by atomic mass is 10.0. The van der Waals surface area contributed by atoms with Crippen molar-refractivity contribution in [3.8, 4) is 22.6 Å². The van der Waals surface area contributed by atoms with E-state index in [0.717, 1.165) is 29.0 Å². The molecule has 0 amide bonds. The van der Waals surface area contributed by atoms with Gasteiger partial charge in [-0.15, -0.1) is 0 Å². The van der Waals surface area contributed by atoms with Crippen LogP contribution in [0.2, 0.25) is 0 Å². The lowest BCUT2D eigenvalue weighted by Gasteiger charge is -2.12.